The Bertz CT molecular complexity index is 782. The van der Waals surface area contributed by atoms with Gasteiger partial charge in [-0.3, -0.25) is 19.2 Å². The van der Waals surface area contributed by atoms with Crippen molar-refractivity contribution in [2.75, 3.05) is 6.54 Å². The van der Waals surface area contributed by atoms with Gasteiger partial charge in [-0.25, -0.2) is 9.78 Å². The number of carboxylic acids is 1. The lowest BCUT2D eigenvalue weighted by atomic mass is 9.98. The van der Waals surface area contributed by atoms with E-state index in [1.807, 2.05) is 0 Å². The fourth-order valence-corrected chi connectivity index (χ4v) is 2.70. The fraction of sp³-hybridized carbons (Fsp3) is 0.556. The third-order valence-corrected chi connectivity index (χ3v) is 4.63. The Balaban J connectivity index is 3.06. The van der Waals surface area contributed by atoms with Crippen molar-refractivity contribution < 1.29 is 29.1 Å². The monoisotopic (exact) mass is 439 g/mol. The average Bonchev–Trinajstić information content (AvgIpc) is 3.22. The highest BCUT2D eigenvalue weighted by atomic mass is 16.4. The van der Waals surface area contributed by atoms with Gasteiger partial charge in [-0.15, -0.1) is 0 Å². The van der Waals surface area contributed by atoms with Gasteiger partial charge in [0.25, 0.3) is 0 Å². The van der Waals surface area contributed by atoms with Crippen molar-refractivity contribution in [2.45, 2.75) is 51.2 Å². The molecule has 4 unspecified atom stereocenters. The Kier molecular flexibility index (Phi) is 10.1. The van der Waals surface area contributed by atoms with Crippen molar-refractivity contribution in [1.82, 2.24) is 25.9 Å². The first-order valence-electron chi connectivity index (χ1n) is 9.67. The van der Waals surface area contributed by atoms with Crippen molar-refractivity contribution in [1.29, 1.82) is 0 Å². The molecule has 0 spiro atoms. The summed E-state index contributed by atoms with van der Waals surface area (Å²) in [4.78, 5) is 66.6. The zero-order chi connectivity index (χ0) is 23.6. The van der Waals surface area contributed by atoms with Crippen LogP contribution in [0.1, 0.15) is 32.4 Å². The number of hydrogen-bond acceptors (Lipinski definition) is 7. The molecular weight excluding hydrogens is 410 g/mol. The minimum absolute atomic E-state index is 0.0431. The molecule has 1 heterocycles. The normalized spacial score (nSPS) is 14.5. The Morgan fingerprint density at radius 1 is 1.13 bits per heavy atom. The number of carbonyl (C=O) groups is 5. The van der Waals surface area contributed by atoms with Crippen LogP contribution in [0.3, 0.4) is 0 Å². The van der Waals surface area contributed by atoms with Gasteiger partial charge in [-0.05, 0) is 5.92 Å². The summed E-state index contributed by atoms with van der Waals surface area (Å²) < 4.78 is 0. The van der Waals surface area contributed by atoms with Gasteiger partial charge in [-0.1, -0.05) is 20.3 Å². The first-order valence-corrected chi connectivity index (χ1v) is 9.67. The number of nitrogens with zero attached hydrogens (tertiary/aromatic N) is 1. The fourth-order valence-electron chi connectivity index (χ4n) is 2.70. The van der Waals surface area contributed by atoms with Crippen LogP contribution < -0.4 is 27.4 Å². The van der Waals surface area contributed by atoms with Crippen LogP contribution in [0.4, 0.5) is 0 Å². The Labute approximate surface area is 178 Å². The number of rotatable bonds is 13. The molecule has 4 atom stereocenters. The lowest BCUT2D eigenvalue weighted by Gasteiger charge is -2.25. The SMILES string of the molecule is CCC(C)C(NC(=O)C(Cc1cnc[nH]1)NC(=O)C(CC(N)=O)NC(=O)CN)C(=O)O. The van der Waals surface area contributed by atoms with Crippen LogP contribution in [0.5, 0.6) is 0 Å². The quantitative estimate of drug-likeness (QED) is 0.172. The van der Waals surface area contributed by atoms with E-state index >= 15 is 0 Å². The van der Waals surface area contributed by atoms with E-state index in [9.17, 15) is 29.1 Å². The molecule has 1 aromatic rings. The number of aliphatic carboxylic acids is 1. The lowest BCUT2D eigenvalue weighted by molar-refractivity contribution is -0.144. The van der Waals surface area contributed by atoms with E-state index in [4.69, 9.17) is 11.5 Å². The summed E-state index contributed by atoms with van der Waals surface area (Å²) in [7, 11) is 0. The summed E-state index contributed by atoms with van der Waals surface area (Å²) in [5.74, 6) is -4.73. The predicted molar refractivity (Wildman–Crippen MR) is 108 cm³/mol. The van der Waals surface area contributed by atoms with Crippen LogP contribution in [-0.2, 0) is 30.4 Å². The van der Waals surface area contributed by atoms with Gasteiger partial charge in [0.15, 0.2) is 0 Å². The number of carbonyl (C=O) groups excluding carboxylic acids is 4. The van der Waals surface area contributed by atoms with Crippen molar-refractivity contribution in [3.05, 3.63) is 18.2 Å². The summed E-state index contributed by atoms with van der Waals surface area (Å²) in [5, 5.41) is 16.6. The Morgan fingerprint density at radius 2 is 1.77 bits per heavy atom. The van der Waals surface area contributed by atoms with Gasteiger partial charge in [-0.2, -0.15) is 0 Å². The molecule has 13 heteroatoms. The molecule has 0 aliphatic heterocycles. The second kappa shape index (κ2) is 12.3. The van der Waals surface area contributed by atoms with Gasteiger partial charge in [0.2, 0.25) is 23.6 Å². The van der Waals surface area contributed by atoms with Crippen LogP contribution in [0, 0.1) is 5.92 Å². The van der Waals surface area contributed by atoms with Crippen molar-refractivity contribution in [2.24, 2.45) is 17.4 Å². The minimum atomic E-state index is -1.35. The highest BCUT2D eigenvalue weighted by Crippen LogP contribution is 2.09. The van der Waals surface area contributed by atoms with E-state index < -0.39 is 60.7 Å². The molecule has 0 saturated carbocycles. The number of carboxylic acid groups (broad SMARTS) is 1. The van der Waals surface area contributed by atoms with Crippen molar-refractivity contribution in [3.8, 4) is 0 Å². The lowest BCUT2D eigenvalue weighted by Crippen LogP contribution is -2.58. The molecule has 0 saturated heterocycles. The highest BCUT2D eigenvalue weighted by molar-refractivity contribution is 5.95. The summed E-state index contributed by atoms with van der Waals surface area (Å²) in [5.41, 5.74) is 10.9. The van der Waals surface area contributed by atoms with Gasteiger partial charge in [0.1, 0.15) is 18.1 Å². The van der Waals surface area contributed by atoms with Crippen LogP contribution in [0.15, 0.2) is 12.5 Å². The van der Waals surface area contributed by atoms with Gasteiger partial charge >= 0.3 is 5.97 Å². The van der Waals surface area contributed by atoms with Crippen LogP contribution in [0.25, 0.3) is 0 Å². The largest absolute Gasteiger partial charge is 0.480 e. The van der Waals surface area contributed by atoms with Crippen LogP contribution >= 0.6 is 0 Å². The molecule has 1 aromatic heterocycles. The Hall–Kier alpha value is -3.48. The van der Waals surface area contributed by atoms with E-state index in [1.165, 1.54) is 12.5 Å². The molecule has 0 bridgehead atoms. The number of hydrogen-bond donors (Lipinski definition) is 7. The number of aromatic amines is 1. The highest BCUT2D eigenvalue weighted by Gasteiger charge is 2.32. The molecule has 9 N–H and O–H groups in total. The molecule has 172 valence electrons. The Morgan fingerprint density at radius 3 is 2.26 bits per heavy atom. The standard InChI is InChI=1S/C18H29N7O6/c1-3-9(2)15(18(30)31)25-17(29)11(4-10-7-21-8-22-10)24-16(28)12(5-13(20)26)23-14(27)6-19/h7-9,11-12,15H,3-6,19H2,1-2H3,(H2,20,26)(H,21,22)(H,23,27)(H,24,28)(H,25,29)(H,30,31). The predicted octanol–water partition coefficient (Wildman–Crippen LogP) is -2.63. The van der Waals surface area contributed by atoms with Gasteiger partial charge in [0.05, 0.1) is 19.3 Å². The van der Waals surface area contributed by atoms with Crippen molar-refractivity contribution >= 4 is 29.6 Å². The molecule has 0 aromatic carbocycles. The summed E-state index contributed by atoms with van der Waals surface area (Å²) in [6.07, 6.45) is 2.76. The maximum Gasteiger partial charge on any atom is 0.326 e. The minimum Gasteiger partial charge on any atom is -0.480 e. The molecule has 0 fully saturated rings. The third-order valence-electron chi connectivity index (χ3n) is 4.63. The van der Waals surface area contributed by atoms with E-state index in [-0.39, 0.29) is 12.3 Å². The van der Waals surface area contributed by atoms with E-state index in [0.29, 0.717) is 12.1 Å². The first kappa shape index (κ1) is 25.6. The molecule has 31 heavy (non-hydrogen) atoms. The van der Waals surface area contributed by atoms with E-state index in [2.05, 4.69) is 25.9 Å². The number of aromatic nitrogens is 2. The molecular formula is C18H29N7O6. The van der Waals surface area contributed by atoms with Crippen molar-refractivity contribution in [3.63, 3.8) is 0 Å². The zero-order valence-electron chi connectivity index (χ0n) is 17.4. The number of primary amides is 1. The summed E-state index contributed by atoms with van der Waals surface area (Å²) >= 11 is 0. The molecule has 0 aliphatic rings. The van der Waals surface area contributed by atoms with E-state index in [0.717, 1.165) is 0 Å². The average molecular weight is 439 g/mol. The number of imidazole rings is 1. The topological polar surface area (TPSA) is 222 Å². The van der Waals surface area contributed by atoms with Gasteiger partial charge in [0, 0.05) is 18.3 Å². The van der Waals surface area contributed by atoms with E-state index in [1.54, 1.807) is 13.8 Å². The number of nitrogens with one attached hydrogen (secondary N) is 4. The third kappa shape index (κ3) is 8.42. The molecule has 0 radical (unpaired) electrons. The second-order valence-electron chi connectivity index (χ2n) is 7.05. The number of H-pyrrole nitrogens is 1. The zero-order valence-corrected chi connectivity index (χ0v) is 17.4. The second-order valence-corrected chi connectivity index (χ2v) is 7.05. The molecule has 1 rings (SSSR count). The maximum atomic E-state index is 12.8. The van der Waals surface area contributed by atoms with Crippen LogP contribution in [0.2, 0.25) is 0 Å². The smallest absolute Gasteiger partial charge is 0.326 e. The van der Waals surface area contributed by atoms with Gasteiger partial charge < -0.3 is 37.5 Å². The molecule has 4 amide bonds. The van der Waals surface area contributed by atoms with Crippen LogP contribution in [-0.4, -0.2) is 69.3 Å². The summed E-state index contributed by atoms with van der Waals surface area (Å²) in [6.45, 7) is 3.04. The first-order chi connectivity index (χ1) is 14.6. The summed E-state index contributed by atoms with van der Waals surface area (Å²) in [6, 6.07) is -3.74. The number of nitrogens with two attached hydrogens (primary N) is 2. The number of amides is 4. The molecule has 13 nitrogen and oxygen atoms in total. The molecule has 0 aliphatic carbocycles. The maximum absolute atomic E-state index is 12.8.